The minimum absolute atomic E-state index is 0.197. The van der Waals surface area contributed by atoms with E-state index in [4.69, 9.17) is 0 Å². The summed E-state index contributed by atoms with van der Waals surface area (Å²) in [6.07, 6.45) is -0.315. The molecule has 1 N–H and O–H groups in total. The van der Waals surface area contributed by atoms with Crippen LogP contribution in [0.15, 0.2) is 53.3 Å². The van der Waals surface area contributed by atoms with Crippen molar-refractivity contribution in [3.63, 3.8) is 0 Å². The molecule has 0 spiro atoms. The quantitative estimate of drug-likeness (QED) is 0.651. The van der Waals surface area contributed by atoms with E-state index in [1.807, 2.05) is 28.9 Å². The van der Waals surface area contributed by atoms with Crippen molar-refractivity contribution in [2.75, 3.05) is 0 Å². The molecule has 140 valence electrons. The fraction of sp³-hybridized carbons (Fsp3) is 0.263. The normalized spacial score (nSPS) is 19.3. The van der Waals surface area contributed by atoms with Crippen molar-refractivity contribution in [2.24, 2.45) is 5.92 Å². The Kier molecular flexibility index (Phi) is 4.46. The molecule has 2 aromatic heterocycles. The van der Waals surface area contributed by atoms with Gasteiger partial charge in [-0.2, -0.15) is 13.2 Å². The van der Waals surface area contributed by atoms with Gasteiger partial charge < -0.3 is 9.72 Å². The first-order chi connectivity index (χ1) is 12.8. The summed E-state index contributed by atoms with van der Waals surface area (Å²) in [6, 6.07) is 9.19. The average Bonchev–Trinajstić information content (AvgIpc) is 3.32. The predicted molar refractivity (Wildman–Crippen MR) is 97.0 cm³/mol. The fourth-order valence-corrected chi connectivity index (χ4v) is 3.67. The van der Waals surface area contributed by atoms with Crippen LogP contribution in [0.2, 0.25) is 0 Å². The summed E-state index contributed by atoms with van der Waals surface area (Å²) in [5.41, 5.74) is 0.985. The molecule has 1 saturated carbocycles. The summed E-state index contributed by atoms with van der Waals surface area (Å²) < 4.78 is 42.2. The molecular formula is C19H15BrF3N3O. The van der Waals surface area contributed by atoms with E-state index < -0.39 is 17.7 Å². The summed E-state index contributed by atoms with van der Waals surface area (Å²) in [6.45, 7) is 0.238. The number of amides is 1. The molecule has 4 rings (SSSR count). The second-order valence-corrected chi connectivity index (χ2v) is 7.51. The number of pyridine rings is 1. The third-order valence-electron chi connectivity index (χ3n) is 4.70. The number of carbonyl (C=O) groups is 1. The Morgan fingerprint density at radius 2 is 2.00 bits per heavy atom. The Morgan fingerprint density at radius 1 is 1.22 bits per heavy atom. The van der Waals surface area contributed by atoms with Gasteiger partial charge in [0.15, 0.2) is 0 Å². The topological polar surface area (TPSA) is 46.4 Å². The molecule has 27 heavy (non-hydrogen) atoms. The first kappa shape index (κ1) is 18.0. The maximum Gasteiger partial charge on any atom is 0.416 e. The number of aromatic nitrogens is 2. The van der Waals surface area contributed by atoms with Crippen molar-refractivity contribution >= 4 is 27.5 Å². The molecule has 3 aromatic rings. The van der Waals surface area contributed by atoms with Crippen molar-refractivity contribution in [2.45, 2.75) is 25.1 Å². The van der Waals surface area contributed by atoms with E-state index in [0.717, 1.165) is 16.2 Å². The number of hydrogen-bond donors (Lipinski definition) is 1. The van der Waals surface area contributed by atoms with Crippen molar-refractivity contribution in [3.8, 4) is 0 Å². The lowest BCUT2D eigenvalue weighted by Crippen LogP contribution is -2.25. The van der Waals surface area contributed by atoms with Crippen molar-refractivity contribution < 1.29 is 18.0 Å². The van der Waals surface area contributed by atoms with Crippen LogP contribution < -0.4 is 5.32 Å². The maximum atomic E-state index is 13.1. The van der Waals surface area contributed by atoms with Crippen LogP contribution in [0.5, 0.6) is 0 Å². The Bertz CT molecular complexity index is 1010. The van der Waals surface area contributed by atoms with E-state index in [1.54, 1.807) is 6.07 Å². The van der Waals surface area contributed by atoms with Crippen LogP contribution in [0, 0.1) is 5.92 Å². The molecule has 0 saturated heterocycles. The molecule has 1 aliphatic carbocycles. The van der Waals surface area contributed by atoms with E-state index in [9.17, 15) is 18.0 Å². The Labute approximate surface area is 161 Å². The van der Waals surface area contributed by atoms with Gasteiger partial charge in [0.05, 0.1) is 17.8 Å². The van der Waals surface area contributed by atoms with Crippen LogP contribution in [0.25, 0.3) is 5.65 Å². The molecule has 2 heterocycles. The zero-order chi connectivity index (χ0) is 19.2. The van der Waals surface area contributed by atoms with Gasteiger partial charge >= 0.3 is 6.18 Å². The third kappa shape index (κ3) is 3.71. The summed E-state index contributed by atoms with van der Waals surface area (Å²) in [5, 5.41) is 2.79. The number of imidazole rings is 1. The number of alkyl halides is 3. The largest absolute Gasteiger partial charge is 0.416 e. The van der Waals surface area contributed by atoms with Crippen molar-refractivity contribution in [1.82, 2.24) is 14.7 Å². The Morgan fingerprint density at radius 3 is 2.78 bits per heavy atom. The van der Waals surface area contributed by atoms with Gasteiger partial charge in [-0.05, 0) is 52.0 Å². The number of rotatable bonds is 4. The summed E-state index contributed by atoms with van der Waals surface area (Å²) in [4.78, 5) is 16.8. The SMILES string of the molecule is O=C(NCc1cn2cc(Br)ccc2n1)[C@@H]1C[C@@H]1c1ccccc1C(F)(F)F. The highest BCUT2D eigenvalue weighted by Gasteiger charge is 2.47. The van der Waals surface area contributed by atoms with Crippen molar-refractivity contribution in [3.05, 3.63) is 70.1 Å². The minimum Gasteiger partial charge on any atom is -0.350 e. The minimum atomic E-state index is -4.41. The Hall–Kier alpha value is -2.35. The smallest absolute Gasteiger partial charge is 0.350 e. The van der Waals surface area contributed by atoms with E-state index in [-0.39, 0.29) is 23.9 Å². The number of fused-ring (bicyclic) bond motifs is 1. The molecule has 4 nitrogen and oxygen atoms in total. The number of nitrogens with one attached hydrogen (secondary N) is 1. The fourth-order valence-electron chi connectivity index (χ4n) is 3.32. The van der Waals surface area contributed by atoms with Gasteiger partial charge in [0.1, 0.15) is 5.65 Å². The van der Waals surface area contributed by atoms with Crippen LogP contribution >= 0.6 is 15.9 Å². The molecule has 1 aromatic carbocycles. The van der Waals surface area contributed by atoms with Crippen LogP contribution in [0.1, 0.15) is 29.2 Å². The average molecular weight is 438 g/mol. The predicted octanol–water partition coefficient (Wildman–Crippen LogP) is 4.54. The summed E-state index contributed by atoms with van der Waals surface area (Å²) >= 11 is 3.38. The van der Waals surface area contributed by atoms with Crippen molar-refractivity contribution in [1.29, 1.82) is 0 Å². The van der Waals surface area contributed by atoms with Gasteiger partial charge in [0.2, 0.25) is 5.91 Å². The van der Waals surface area contributed by atoms with Gasteiger partial charge in [0, 0.05) is 22.8 Å². The molecule has 1 aliphatic rings. The van der Waals surface area contributed by atoms with E-state index >= 15 is 0 Å². The first-order valence-corrected chi connectivity index (χ1v) is 9.19. The third-order valence-corrected chi connectivity index (χ3v) is 5.17. The molecule has 1 fully saturated rings. The second-order valence-electron chi connectivity index (χ2n) is 6.60. The van der Waals surface area contributed by atoms with Crippen LogP contribution in [-0.2, 0) is 17.5 Å². The Balaban J connectivity index is 1.42. The molecule has 0 bridgehead atoms. The number of nitrogens with zero attached hydrogens (tertiary/aromatic N) is 2. The first-order valence-electron chi connectivity index (χ1n) is 8.40. The molecule has 0 radical (unpaired) electrons. The highest BCUT2D eigenvalue weighted by atomic mass is 79.9. The number of halogens is 4. The zero-order valence-corrected chi connectivity index (χ0v) is 15.6. The molecule has 2 atom stereocenters. The van der Waals surface area contributed by atoms with E-state index in [2.05, 4.69) is 26.2 Å². The molecule has 0 aliphatic heterocycles. The molecule has 8 heteroatoms. The van der Waals surface area contributed by atoms with Gasteiger partial charge in [-0.1, -0.05) is 18.2 Å². The van der Waals surface area contributed by atoms with E-state index in [1.165, 1.54) is 12.1 Å². The number of carbonyl (C=O) groups excluding carboxylic acids is 1. The van der Waals surface area contributed by atoms with Gasteiger partial charge in [-0.3, -0.25) is 4.79 Å². The van der Waals surface area contributed by atoms with Crippen LogP contribution in [0.4, 0.5) is 13.2 Å². The van der Waals surface area contributed by atoms with Gasteiger partial charge in [-0.15, -0.1) is 0 Å². The second kappa shape index (κ2) is 6.67. The van der Waals surface area contributed by atoms with Crippen LogP contribution in [-0.4, -0.2) is 15.3 Å². The molecular weight excluding hydrogens is 423 g/mol. The lowest BCUT2D eigenvalue weighted by molar-refractivity contribution is -0.138. The highest BCUT2D eigenvalue weighted by molar-refractivity contribution is 9.10. The monoisotopic (exact) mass is 437 g/mol. The summed E-state index contributed by atoms with van der Waals surface area (Å²) in [7, 11) is 0. The summed E-state index contributed by atoms with van der Waals surface area (Å²) in [5.74, 6) is -1.06. The van der Waals surface area contributed by atoms with Gasteiger partial charge in [-0.25, -0.2) is 4.98 Å². The zero-order valence-electron chi connectivity index (χ0n) is 14.0. The van der Waals surface area contributed by atoms with Gasteiger partial charge in [0.25, 0.3) is 0 Å². The lowest BCUT2D eigenvalue weighted by Gasteiger charge is -2.12. The van der Waals surface area contributed by atoms with E-state index in [0.29, 0.717) is 12.1 Å². The molecule has 1 amide bonds. The highest BCUT2D eigenvalue weighted by Crippen LogP contribution is 2.51. The number of benzene rings is 1. The maximum absolute atomic E-state index is 13.1. The van der Waals surface area contributed by atoms with Crippen LogP contribution in [0.3, 0.4) is 0 Å². The molecule has 0 unspecified atom stereocenters. The standard InChI is InChI=1S/C19H15BrF3N3O/c20-11-5-6-17-25-12(10-26(17)9-11)8-24-18(27)15-7-14(15)13-3-1-2-4-16(13)19(21,22)23/h1-6,9-10,14-15H,7-8H2,(H,24,27)/t14-,15-/m1/s1. The number of hydrogen-bond acceptors (Lipinski definition) is 2. The lowest BCUT2D eigenvalue weighted by atomic mass is 10.0.